The Kier molecular flexibility index (Phi) is 2.74. The largest absolute Gasteiger partial charge is 0.380 e. The third kappa shape index (κ3) is 2.69. The Bertz CT molecular complexity index is 222. The monoisotopic (exact) mass is 198 g/mol. The summed E-state index contributed by atoms with van der Waals surface area (Å²) in [5, 5.41) is 6.11. The van der Waals surface area contributed by atoms with Crippen molar-refractivity contribution in [3.63, 3.8) is 0 Å². The molecule has 2 rings (SSSR count). The van der Waals surface area contributed by atoms with Crippen LogP contribution in [0.15, 0.2) is 0 Å². The van der Waals surface area contributed by atoms with Crippen molar-refractivity contribution in [3.05, 3.63) is 0 Å². The first-order chi connectivity index (χ1) is 6.68. The maximum atomic E-state index is 11.3. The van der Waals surface area contributed by atoms with Crippen LogP contribution in [0.4, 0.5) is 0 Å². The second-order valence-corrected chi connectivity index (χ2v) is 4.74. The van der Waals surface area contributed by atoms with Gasteiger partial charge >= 0.3 is 0 Å². The minimum atomic E-state index is 0.102. The van der Waals surface area contributed by atoms with Gasteiger partial charge < -0.3 is 15.4 Å². The van der Waals surface area contributed by atoms with Gasteiger partial charge in [0.2, 0.25) is 5.91 Å². The molecule has 1 aliphatic carbocycles. The molecule has 80 valence electrons. The number of ether oxygens (including phenoxy) is 1. The lowest BCUT2D eigenvalue weighted by Gasteiger charge is -2.38. The molecule has 4 heteroatoms. The van der Waals surface area contributed by atoms with Crippen LogP contribution in [0.1, 0.15) is 19.8 Å². The smallest absolute Gasteiger partial charge is 0.233 e. The van der Waals surface area contributed by atoms with Gasteiger partial charge in [0.1, 0.15) is 0 Å². The van der Waals surface area contributed by atoms with E-state index in [0.29, 0.717) is 12.6 Å². The highest BCUT2D eigenvalue weighted by molar-refractivity contribution is 5.78. The van der Waals surface area contributed by atoms with Gasteiger partial charge in [-0.1, -0.05) is 6.92 Å². The molecule has 0 aromatic carbocycles. The summed E-state index contributed by atoms with van der Waals surface area (Å²) in [6, 6.07) is 0.600. The topological polar surface area (TPSA) is 50.4 Å². The molecule has 4 nitrogen and oxygen atoms in total. The fourth-order valence-electron chi connectivity index (χ4n) is 1.45. The van der Waals surface area contributed by atoms with Gasteiger partial charge in [0, 0.05) is 18.0 Å². The Morgan fingerprint density at radius 2 is 2.21 bits per heavy atom. The minimum absolute atomic E-state index is 0.102. The molecule has 0 radical (unpaired) electrons. The summed E-state index contributed by atoms with van der Waals surface area (Å²) in [4.78, 5) is 11.3. The molecule has 1 saturated heterocycles. The Morgan fingerprint density at radius 3 is 2.71 bits per heavy atom. The Hall–Kier alpha value is -0.610. The van der Waals surface area contributed by atoms with E-state index in [1.54, 1.807) is 0 Å². The van der Waals surface area contributed by atoms with E-state index < -0.39 is 0 Å². The first-order valence-electron chi connectivity index (χ1n) is 5.26. The fourth-order valence-corrected chi connectivity index (χ4v) is 1.45. The van der Waals surface area contributed by atoms with Gasteiger partial charge in [0.25, 0.3) is 0 Å². The number of rotatable bonds is 5. The number of nitrogens with one attached hydrogen (secondary N) is 2. The SMILES string of the molecule is CC1(CNC(=O)CNC2CC2)COC1. The van der Waals surface area contributed by atoms with Crippen molar-refractivity contribution in [3.8, 4) is 0 Å². The van der Waals surface area contributed by atoms with Gasteiger partial charge in [0.15, 0.2) is 0 Å². The van der Waals surface area contributed by atoms with Crippen molar-refractivity contribution < 1.29 is 9.53 Å². The van der Waals surface area contributed by atoms with E-state index >= 15 is 0 Å². The van der Waals surface area contributed by atoms with Crippen molar-refractivity contribution in [1.82, 2.24) is 10.6 Å². The van der Waals surface area contributed by atoms with E-state index in [1.807, 2.05) is 0 Å². The molecule has 0 aromatic rings. The van der Waals surface area contributed by atoms with Crippen molar-refractivity contribution in [2.24, 2.45) is 5.41 Å². The fraction of sp³-hybridized carbons (Fsp3) is 0.900. The molecular weight excluding hydrogens is 180 g/mol. The molecule has 0 aromatic heterocycles. The highest BCUT2D eigenvalue weighted by Gasteiger charge is 2.33. The van der Waals surface area contributed by atoms with E-state index in [1.165, 1.54) is 12.8 Å². The molecular formula is C10H18N2O2. The van der Waals surface area contributed by atoms with E-state index in [-0.39, 0.29) is 11.3 Å². The van der Waals surface area contributed by atoms with Crippen LogP contribution in [0.3, 0.4) is 0 Å². The lowest BCUT2D eigenvalue weighted by Crippen LogP contribution is -2.49. The average Bonchev–Trinajstić information content (AvgIpc) is 2.91. The third-order valence-electron chi connectivity index (χ3n) is 2.74. The Labute approximate surface area is 84.4 Å². The molecule has 1 amide bonds. The maximum absolute atomic E-state index is 11.3. The molecule has 1 aliphatic heterocycles. The molecule has 0 spiro atoms. The molecule has 1 saturated carbocycles. The van der Waals surface area contributed by atoms with Crippen molar-refractivity contribution in [2.45, 2.75) is 25.8 Å². The molecule has 2 fully saturated rings. The molecule has 1 heterocycles. The van der Waals surface area contributed by atoms with Crippen LogP contribution in [0.25, 0.3) is 0 Å². The minimum Gasteiger partial charge on any atom is -0.380 e. The predicted octanol–water partition coefficient (Wildman–Crippen LogP) is -0.109. The number of carbonyl (C=O) groups excluding carboxylic acids is 1. The van der Waals surface area contributed by atoms with Crippen LogP contribution >= 0.6 is 0 Å². The van der Waals surface area contributed by atoms with Crippen molar-refractivity contribution >= 4 is 5.91 Å². The summed E-state index contributed by atoms with van der Waals surface area (Å²) in [5.74, 6) is 0.102. The maximum Gasteiger partial charge on any atom is 0.233 e. The molecule has 14 heavy (non-hydrogen) atoms. The quantitative estimate of drug-likeness (QED) is 0.648. The van der Waals surface area contributed by atoms with Gasteiger partial charge in [-0.25, -0.2) is 0 Å². The van der Waals surface area contributed by atoms with Crippen LogP contribution in [-0.4, -0.2) is 38.3 Å². The summed E-state index contributed by atoms with van der Waals surface area (Å²) >= 11 is 0. The van der Waals surface area contributed by atoms with Crippen LogP contribution in [0.2, 0.25) is 0 Å². The van der Waals surface area contributed by atoms with Crippen LogP contribution in [-0.2, 0) is 9.53 Å². The van der Waals surface area contributed by atoms with E-state index in [9.17, 15) is 4.79 Å². The first kappa shape index (κ1) is 9.93. The number of amides is 1. The average molecular weight is 198 g/mol. The van der Waals surface area contributed by atoms with E-state index in [2.05, 4.69) is 17.6 Å². The predicted molar refractivity (Wildman–Crippen MR) is 53.0 cm³/mol. The second-order valence-electron chi connectivity index (χ2n) is 4.74. The van der Waals surface area contributed by atoms with Gasteiger partial charge in [-0.15, -0.1) is 0 Å². The normalized spacial score (nSPS) is 24.1. The Morgan fingerprint density at radius 1 is 1.50 bits per heavy atom. The highest BCUT2D eigenvalue weighted by atomic mass is 16.5. The van der Waals surface area contributed by atoms with E-state index in [4.69, 9.17) is 4.74 Å². The van der Waals surface area contributed by atoms with Gasteiger partial charge in [-0.05, 0) is 12.8 Å². The Balaban J connectivity index is 1.56. The first-order valence-corrected chi connectivity index (χ1v) is 5.26. The second kappa shape index (κ2) is 3.87. The standard InChI is InChI=1S/C10H18N2O2/c1-10(6-14-7-10)5-12-9(13)4-11-8-2-3-8/h8,11H,2-7H2,1H3,(H,12,13). The molecule has 0 atom stereocenters. The molecule has 2 aliphatic rings. The summed E-state index contributed by atoms with van der Waals surface area (Å²) < 4.78 is 5.11. The van der Waals surface area contributed by atoms with Crippen LogP contribution < -0.4 is 10.6 Å². The van der Waals surface area contributed by atoms with Gasteiger partial charge in [0.05, 0.1) is 19.8 Å². The summed E-state index contributed by atoms with van der Waals surface area (Å²) in [6.45, 7) is 4.86. The molecule has 0 unspecified atom stereocenters. The summed E-state index contributed by atoms with van der Waals surface area (Å²) in [7, 11) is 0. The molecule has 0 bridgehead atoms. The lowest BCUT2D eigenvalue weighted by molar-refractivity contribution is -0.126. The van der Waals surface area contributed by atoms with Crippen LogP contribution in [0, 0.1) is 5.41 Å². The van der Waals surface area contributed by atoms with Gasteiger partial charge in [-0.3, -0.25) is 4.79 Å². The lowest BCUT2D eigenvalue weighted by atomic mass is 9.89. The zero-order valence-electron chi connectivity index (χ0n) is 8.64. The zero-order valence-corrected chi connectivity index (χ0v) is 8.64. The number of hydrogen-bond acceptors (Lipinski definition) is 3. The van der Waals surface area contributed by atoms with Crippen molar-refractivity contribution in [1.29, 1.82) is 0 Å². The van der Waals surface area contributed by atoms with Crippen LogP contribution in [0.5, 0.6) is 0 Å². The number of carbonyl (C=O) groups is 1. The summed E-state index contributed by atoms with van der Waals surface area (Å²) in [5.41, 5.74) is 0.176. The summed E-state index contributed by atoms with van der Waals surface area (Å²) in [6.07, 6.45) is 2.44. The third-order valence-corrected chi connectivity index (χ3v) is 2.74. The zero-order chi connectivity index (χ0) is 10.0. The number of hydrogen-bond donors (Lipinski definition) is 2. The van der Waals surface area contributed by atoms with E-state index in [0.717, 1.165) is 19.8 Å². The highest BCUT2D eigenvalue weighted by Crippen LogP contribution is 2.24. The molecule has 2 N–H and O–H groups in total. The van der Waals surface area contributed by atoms with Crippen molar-refractivity contribution in [2.75, 3.05) is 26.3 Å². The van der Waals surface area contributed by atoms with Gasteiger partial charge in [-0.2, -0.15) is 0 Å².